The normalized spacial score (nSPS) is 10.3. The topological polar surface area (TPSA) is 96.8 Å². The van der Waals surface area contributed by atoms with Crippen LogP contribution in [-0.4, -0.2) is 25.7 Å². The zero-order chi connectivity index (χ0) is 19.4. The molecule has 2 aromatic heterocycles. The van der Waals surface area contributed by atoms with Gasteiger partial charge in [0.05, 0.1) is 23.8 Å². The van der Waals surface area contributed by atoms with Gasteiger partial charge in [-0.15, -0.1) is 0 Å². The van der Waals surface area contributed by atoms with Crippen LogP contribution >= 0.6 is 11.6 Å². The summed E-state index contributed by atoms with van der Waals surface area (Å²) in [6.07, 6.45) is 5.87. The number of halogens is 2. The maximum absolute atomic E-state index is 13.8. The molecule has 2 heterocycles. The van der Waals surface area contributed by atoms with Gasteiger partial charge in [0.1, 0.15) is 10.8 Å². The van der Waals surface area contributed by atoms with E-state index in [4.69, 9.17) is 11.6 Å². The molecule has 138 valence electrons. The molecular weight excluding hydrogens is 373 g/mol. The van der Waals surface area contributed by atoms with Crippen molar-refractivity contribution in [1.29, 1.82) is 0 Å². The molecule has 1 amide bonds. The minimum absolute atomic E-state index is 0.00351. The smallest absolute Gasteiger partial charge is 0.247 e. The Morgan fingerprint density at radius 2 is 2.11 bits per heavy atom. The van der Waals surface area contributed by atoms with Gasteiger partial charge in [-0.05, 0) is 24.3 Å². The first kappa shape index (κ1) is 18.3. The van der Waals surface area contributed by atoms with Crippen molar-refractivity contribution < 1.29 is 9.18 Å². The Kier molecular flexibility index (Phi) is 5.32. The molecule has 0 atom stereocenters. The number of benzene rings is 1. The number of anilines is 5. The van der Waals surface area contributed by atoms with E-state index in [1.807, 2.05) is 0 Å². The van der Waals surface area contributed by atoms with E-state index >= 15 is 0 Å². The highest BCUT2D eigenvalue weighted by molar-refractivity contribution is 6.32. The van der Waals surface area contributed by atoms with Gasteiger partial charge in [-0.25, -0.2) is 9.37 Å². The summed E-state index contributed by atoms with van der Waals surface area (Å²) in [5, 5.41) is 12.7. The summed E-state index contributed by atoms with van der Waals surface area (Å²) in [7, 11) is 1.79. The number of carbonyl (C=O) groups is 1. The lowest BCUT2D eigenvalue weighted by Crippen LogP contribution is -2.09. The van der Waals surface area contributed by atoms with Crippen LogP contribution in [0.5, 0.6) is 0 Å². The quantitative estimate of drug-likeness (QED) is 0.559. The predicted molar refractivity (Wildman–Crippen MR) is 102 cm³/mol. The van der Waals surface area contributed by atoms with Crippen LogP contribution in [0.15, 0.2) is 49.4 Å². The zero-order valence-corrected chi connectivity index (χ0v) is 15.0. The maximum Gasteiger partial charge on any atom is 0.247 e. The second kappa shape index (κ2) is 7.83. The van der Waals surface area contributed by atoms with Crippen molar-refractivity contribution in [3.8, 4) is 0 Å². The number of carbonyl (C=O) groups excluding carboxylic acids is 1. The van der Waals surface area contributed by atoms with Crippen LogP contribution in [0.3, 0.4) is 0 Å². The van der Waals surface area contributed by atoms with E-state index in [2.05, 4.69) is 37.6 Å². The highest BCUT2D eigenvalue weighted by Crippen LogP contribution is 2.27. The number of hydrogen-bond donors (Lipinski definition) is 3. The van der Waals surface area contributed by atoms with E-state index in [0.717, 1.165) is 6.08 Å². The van der Waals surface area contributed by atoms with Crippen LogP contribution < -0.4 is 16.0 Å². The summed E-state index contributed by atoms with van der Waals surface area (Å²) in [6, 6.07) is 4.12. The van der Waals surface area contributed by atoms with E-state index < -0.39 is 11.7 Å². The van der Waals surface area contributed by atoms with Crippen LogP contribution in [0.25, 0.3) is 0 Å². The third-order valence-electron chi connectivity index (χ3n) is 3.38. The van der Waals surface area contributed by atoms with Crippen LogP contribution in [-0.2, 0) is 11.8 Å². The minimum Gasteiger partial charge on any atom is -0.339 e. The number of amides is 1. The molecule has 3 aromatic rings. The number of aryl methyl sites for hydroxylation is 1. The Morgan fingerprint density at radius 3 is 2.81 bits per heavy atom. The lowest BCUT2D eigenvalue weighted by molar-refractivity contribution is -0.111. The third-order valence-corrected chi connectivity index (χ3v) is 3.65. The average molecular weight is 388 g/mol. The van der Waals surface area contributed by atoms with Gasteiger partial charge < -0.3 is 16.0 Å². The van der Waals surface area contributed by atoms with Crippen LogP contribution in [0.4, 0.5) is 33.2 Å². The minimum atomic E-state index is -0.580. The first-order valence-electron chi connectivity index (χ1n) is 7.73. The van der Waals surface area contributed by atoms with Gasteiger partial charge in [0.25, 0.3) is 0 Å². The largest absolute Gasteiger partial charge is 0.339 e. The van der Waals surface area contributed by atoms with Crippen molar-refractivity contribution in [2.75, 3.05) is 16.0 Å². The summed E-state index contributed by atoms with van der Waals surface area (Å²) in [6.45, 7) is 3.34. The predicted octanol–water partition coefficient (Wildman–Crippen LogP) is 3.61. The van der Waals surface area contributed by atoms with Crippen LogP contribution in [0.2, 0.25) is 5.02 Å². The average Bonchev–Trinajstić information content (AvgIpc) is 3.05. The lowest BCUT2D eigenvalue weighted by Gasteiger charge is -2.11. The fraction of sp³-hybridized carbons (Fsp3) is 0.0588. The number of nitrogens with zero attached hydrogens (tertiary/aromatic N) is 4. The molecule has 10 heteroatoms. The Labute approximate surface area is 159 Å². The van der Waals surface area contributed by atoms with E-state index in [1.54, 1.807) is 24.1 Å². The maximum atomic E-state index is 13.8. The van der Waals surface area contributed by atoms with E-state index in [0.29, 0.717) is 23.1 Å². The zero-order valence-electron chi connectivity index (χ0n) is 14.2. The molecule has 0 bridgehead atoms. The molecule has 0 aliphatic carbocycles. The first-order valence-corrected chi connectivity index (χ1v) is 8.10. The molecule has 0 fully saturated rings. The summed E-state index contributed by atoms with van der Waals surface area (Å²) >= 11 is 6.14. The van der Waals surface area contributed by atoms with Gasteiger partial charge >= 0.3 is 0 Å². The molecule has 0 saturated carbocycles. The van der Waals surface area contributed by atoms with Crippen molar-refractivity contribution in [1.82, 2.24) is 19.7 Å². The van der Waals surface area contributed by atoms with Crippen molar-refractivity contribution in [2.24, 2.45) is 7.05 Å². The Balaban J connectivity index is 1.82. The number of hydrogen-bond acceptors (Lipinski definition) is 6. The molecule has 0 aliphatic heterocycles. The van der Waals surface area contributed by atoms with Gasteiger partial charge in [0.15, 0.2) is 5.82 Å². The molecule has 0 radical (unpaired) electrons. The fourth-order valence-corrected chi connectivity index (χ4v) is 2.29. The van der Waals surface area contributed by atoms with Gasteiger partial charge in [-0.2, -0.15) is 10.1 Å². The molecule has 27 heavy (non-hydrogen) atoms. The summed E-state index contributed by atoms with van der Waals surface area (Å²) in [4.78, 5) is 19.8. The van der Waals surface area contributed by atoms with Gasteiger partial charge in [-0.3, -0.25) is 9.48 Å². The number of aromatic nitrogens is 4. The van der Waals surface area contributed by atoms with E-state index in [9.17, 15) is 9.18 Å². The molecular formula is C17H15ClFN7O. The molecule has 0 saturated heterocycles. The SMILES string of the molecule is C=CC(=O)Nc1cc(Nc2nc(Nc3cnn(C)c3)ncc2Cl)ccc1F. The van der Waals surface area contributed by atoms with E-state index in [-0.39, 0.29) is 10.7 Å². The fourth-order valence-electron chi connectivity index (χ4n) is 2.15. The molecule has 0 aliphatic rings. The summed E-state index contributed by atoms with van der Waals surface area (Å²) < 4.78 is 15.5. The van der Waals surface area contributed by atoms with Crippen molar-refractivity contribution in [3.63, 3.8) is 0 Å². The highest BCUT2D eigenvalue weighted by atomic mass is 35.5. The third kappa shape index (κ3) is 4.59. The molecule has 0 spiro atoms. The van der Waals surface area contributed by atoms with Crippen molar-refractivity contribution >= 4 is 46.3 Å². The Morgan fingerprint density at radius 1 is 1.30 bits per heavy atom. The van der Waals surface area contributed by atoms with Gasteiger partial charge in [0, 0.05) is 18.9 Å². The van der Waals surface area contributed by atoms with Crippen LogP contribution in [0.1, 0.15) is 0 Å². The molecule has 3 rings (SSSR count). The lowest BCUT2D eigenvalue weighted by atomic mass is 10.2. The monoisotopic (exact) mass is 387 g/mol. The highest BCUT2D eigenvalue weighted by Gasteiger charge is 2.10. The van der Waals surface area contributed by atoms with Gasteiger partial charge in [0.2, 0.25) is 11.9 Å². The molecule has 8 nitrogen and oxygen atoms in total. The Bertz CT molecular complexity index is 1000. The first-order chi connectivity index (χ1) is 12.9. The van der Waals surface area contributed by atoms with E-state index in [1.165, 1.54) is 24.4 Å². The Hall–Kier alpha value is -3.46. The molecule has 0 unspecified atom stereocenters. The molecule has 3 N–H and O–H groups in total. The van der Waals surface area contributed by atoms with Crippen molar-refractivity contribution in [3.05, 3.63) is 60.3 Å². The number of nitrogens with one attached hydrogen (secondary N) is 3. The summed E-state index contributed by atoms with van der Waals surface area (Å²) in [5.74, 6) is -0.486. The van der Waals surface area contributed by atoms with Gasteiger partial charge in [-0.1, -0.05) is 18.2 Å². The molecule has 1 aromatic carbocycles. The second-order valence-corrected chi connectivity index (χ2v) is 5.84. The van der Waals surface area contributed by atoms with Crippen LogP contribution in [0, 0.1) is 5.82 Å². The summed E-state index contributed by atoms with van der Waals surface area (Å²) in [5.41, 5.74) is 1.19. The van der Waals surface area contributed by atoms with Crippen molar-refractivity contribution in [2.45, 2.75) is 0 Å². The number of rotatable bonds is 6. The second-order valence-electron chi connectivity index (χ2n) is 5.43. The standard InChI is InChI=1S/C17H15ClFN7O/c1-3-15(27)24-14-6-10(4-5-13(14)19)22-16-12(18)8-20-17(25-16)23-11-7-21-26(2)9-11/h3-9H,1H2,2H3,(H,24,27)(H2,20,22,23,25).